The maximum atomic E-state index is 12.1. The second-order valence-corrected chi connectivity index (χ2v) is 5.03. The van der Waals surface area contributed by atoms with Crippen molar-refractivity contribution in [2.24, 2.45) is 0 Å². The van der Waals surface area contributed by atoms with Crippen molar-refractivity contribution < 1.29 is 9.90 Å². The van der Waals surface area contributed by atoms with Gasteiger partial charge in [0.05, 0.1) is 0 Å². The summed E-state index contributed by atoms with van der Waals surface area (Å²) in [5.41, 5.74) is 0.895. The molecule has 0 aromatic heterocycles. The van der Waals surface area contributed by atoms with Crippen molar-refractivity contribution in [1.29, 1.82) is 0 Å². The topological polar surface area (TPSA) is 40.5 Å². The average molecular weight is 282 g/mol. The standard InChI is InChI=1S/C15H20ClNO2/c1-12(2)17(9-4-10-18)15(19)8-7-13-5-3-6-14(16)11-13/h3,5-8,11-12,18H,4,9-10H2,1-2H3/b8-7+. The summed E-state index contributed by atoms with van der Waals surface area (Å²) in [5, 5.41) is 9.50. The first-order valence-electron chi connectivity index (χ1n) is 6.39. The van der Waals surface area contributed by atoms with E-state index in [1.54, 1.807) is 29.2 Å². The van der Waals surface area contributed by atoms with E-state index in [1.807, 2.05) is 26.0 Å². The fraction of sp³-hybridized carbons (Fsp3) is 0.400. The lowest BCUT2D eigenvalue weighted by atomic mass is 10.2. The number of carbonyl (C=O) groups excluding carboxylic acids is 1. The molecule has 104 valence electrons. The van der Waals surface area contributed by atoms with E-state index in [-0.39, 0.29) is 18.6 Å². The first-order chi connectivity index (χ1) is 9.04. The first-order valence-corrected chi connectivity index (χ1v) is 6.77. The largest absolute Gasteiger partial charge is 0.396 e. The second kappa shape index (κ2) is 7.97. The van der Waals surface area contributed by atoms with E-state index in [1.165, 1.54) is 0 Å². The molecule has 0 atom stereocenters. The third-order valence-corrected chi connectivity index (χ3v) is 2.97. The lowest BCUT2D eigenvalue weighted by Gasteiger charge is -2.25. The number of hydrogen-bond acceptors (Lipinski definition) is 2. The van der Waals surface area contributed by atoms with Gasteiger partial charge in [-0.3, -0.25) is 4.79 Å². The number of aliphatic hydroxyl groups is 1. The van der Waals surface area contributed by atoms with Crippen LogP contribution in [0.5, 0.6) is 0 Å². The number of benzene rings is 1. The van der Waals surface area contributed by atoms with Crippen molar-refractivity contribution in [1.82, 2.24) is 4.90 Å². The van der Waals surface area contributed by atoms with Gasteiger partial charge in [0.25, 0.3) is 0 Å². The van der Waals surface area contributed by atoms with Gasteiger partial charge in [-0.25, -0.2) is 0 Å². The number of hydrogen-bond donors (Lipinski definition) is 1. The third-order valence-electron chi connectivity index (χ3n) is 2.73. The molecule has 0 spiro atoms. The van der Waals surface area contributed by atoms with Crippen LogP contribution in [0.3, 0.4) is 0 Å². The van der Waals surface area contributed by atoms with Gasteiger partial charge < -0.3 is 10.0 Å². The van der Waals surface area contributed by atoms with E-state index in [0.717, 1.165) is 5.56 Å². The smallest absolute Gasteiger partial charge is 0.246 e. The molecule has 0 radical (unpaired) electrons. The van der Waals surface area contributed by atoms with Crippen molar-refractivity contribution >= 4 is 23.6 Å². The minimum absolute atomic E-state index is 0.0524. The van der Waals surface area contributed by atoms with Crippen molar-refractivity contribution in [3.8, 4) is 0 Å². The number of rotatable bonds is 6. The van der Waals surface area contributed by atoms with E-state index in [2.05, 4.69) is 0 Å². The van der Waals surface area contributed by atoms with Crippen LogP contribution in [-0.4, -0.2) is 35.1 Å². The molecule has 1 N–H and O–H groups in total. The SMILES string of the molecule is CC(C)N(CCCO)C(=O)/C=C/c1cccc(Cl)c1. The molecule has 0 saturated heterocycles. The molecule has 1 amide bonds. The van der Waals surface area contributed by atoms with Gasteiger partial charge in [0, 0.05) is 30.3 Å². The van der Waals surface area contributed by atoms with Crippen LogP contribution in [0.15, 0.2) is 30.3 Å². The zero-order valence-electron chi connectivity index (χ0n) is 11.3. The lowest BCUT2D eigenvalue weighted by molar-refractivity contribution is -0.127. The maximum Gasteiger partial charge on any atom is 0.246 e. The number of aliphatic hydroxyl groups excluding tert-OH is 1. The van der Waals surface area contributed by atoms with E-state index in [0.29, 0.717) is 18.0 Å². The van der Waals surface area contributed by atoms with Gasteiger partial charge in [-0.1, -0.05) is 23.7 Å². The molecule has 1 aromatic carbocycles. The normalized spacial score (nSPS) is 11.2. The molecule has 0 heterocycles. The fourth-order valence-electron chi connectivity index (χ4n) is 1.74. The minimum Gasteiger partial charge on any atom is -0.396 e. The number of carbonyl (C=O) groups is 1. The summed E-state index contributed by atoms with van der Waals surface area (Å²) in [7, 11) is 0. The molecule has 1 aromatic rings. The Hall–Kier alpha value is -1.32. The molecule has 19 heavy (non-hydrogen) atoms. The van der Waals surface area contributed by atoms with Crippen LogP contribution in [0.25, 0.3) is 6.08 Å². The highest BCUT2D eigenvalue weighted by Gasteiger charge is 2.13. The van der Waals surface area contributed by atoms with Crippen LogP contribution in [0.1, 0.15) is 25.8 Å². The molecule has 0 fully saturated rings. The first kappa shape index (κ1) is 15.7. The van der Waals surface area contributed by atoms with E-state index in [4.69, 9.17) is 16.7 Å². The summed E-state index contributed by atoms with van der Waals surface area (Å²) in [6, 6.07) is 7.45. The molecule has 0 bridgehead atoms. The zero-order valence-corrected chi connectivity index (χ0v) is 12.1. The Morgan fingerprint density at radius 2 is 2.21 bits per heavy atom. The Bertz CT molecular complexity index is 444. The lowest BCUT2D eigenvalue weighted by Crippen LogP contribution is -2.36. The summed E-state index contributed by atoms with van der Waals surface area (Å²) in [5.74, 6) is -0.0524. The molecule has 0 saturated carbocycles. The second-order valence-electron chi connectivity index (χ2n) is 4.59. The van der Waals surface area contributed by atoms with Gasteiger partial charge in [-0.2, -0.15) is 0 Å². The quantitative estimate of drug-likeness (QED) is 0.815. The van der Waals surface area contributed by atoms with Crippen molar-refractivity contribution in [2.45, 2.75) is 26.3 Å². The third kappa shape index (κ3) is 5.45. The maximum absolute atomic E-state index is 12.1. The van der Waals surface area contributed by atoms with Crippen molar-refractivity contribution in [2.75, 3.05) is 13.2 Å². The Balaban J connectivity index is 2.70. The number of nitrogens with zero attached hydrogens (tertiary/aromatic N) is 1. The highest BCUT2D eigenvalue weighted by molar-refractivity contribution is 6.30. The van der Waals surface area contributed by atoms with Gasteiger partial charge in [-0.15, -0.1) is 0 Å². The zero-order chi connectivity index (χ0) is 14.3. The predicted octanol–water partition coefficient (Wildman–Crippen LogP) is 2.97. The number of amides is 1. The Morgan fingerprint density at radius 3 is 2.79 bits per heavy atom. The predicted molar refractivity (Wildman–Crippen MR) is 79.0 cm³/mol. The van der Waals surface area contributed by atoms with Crippen LogP contribution < -0.4 is 0 Å². The molecule has 4 heteroatoms. The van der Waals surface area contributed by atoms with Gasteiger partial charge in [0.2, 0.25) is 5.91 Å². The molecular weight excluding hydrogens is 262 g/mol. The Labute approximate surface area is 119 Å². The fourth-order valence-corrected chi connectivity index (χ4v) is 1.94. The van der Waals surface area contributed by atoms with Crippen LogP contribution in [0.2, 0.25) is 5.02 Å². The van der Waals surface area contributed by atoms with Crippen molar-refractivity contribution in [3.63, 3.8) is 0 Å². The highest BCUT2D eigenvalue weighted by Crippen LogP contribution is 2.12. The van der Waals surface area contributed by atoms with E-state index < -0.39 is 0 Å². The Morgan fingerprint density at radius 1 is 1.47 bits per heavy atom. The summed E-state index contributed by atoms with van der Waals surface area (Å²) in [6.45, 7) is 4.58. The summed E-state index contributed by atoms with van der Waals surface area (Å²) < 4.78 is 0. The molecule has 0 aliphatic carbocycles. The molecule has 0 unspecified atom stereocenters. The van der Waals surface area contributed by atoms with Gasteiger partial charge >= 0.3 is 0 Å². The van der Waals surface area contributed by atoms with Crippen molar-refractivity contribution in [3.05, 3.63) is 40.9 Å². The highest BCUT2D eigenvalue weighted by atomic mass is 35.5. The minimum atomic E-state index is -0.0524. The monoisotopic (exact) mass is 281 g/mol. The average Bonchev–Trinajstić information content (AvgIpc) is 2.36. The Kier molecular flexibility index (Phi) is 6.60. The molecule has 0 aliphatic heterocycles. The summed E-state index contributed by atoms with van der Waals surface area (Å²) in [6.07, 6.45) is 3.89. The van der Waals surface area contributed by atoms with E-state index in [9.17, 15) is 4.79 Å². The van der Waals surface area contributed by atoms with Crippen LogP contribution >= 0.6 is 11.6 Å². The molecule has 1 rings (SSSR count). The van der Waals surface area contributed by atoms with Crippen LogP contribution in [-0.2, 0) is 4.79 Å². The molecule has 0 aliphatic rings. The summed E-state index contributed by atoms with van der Waals surface area (Å²) >= 11 is 5.88. The summed E-state index contributed by atoms with van der Waals surface area (Å²) in [4.78, 5) is 13.8. The van der Waals surface area contributed by atoms with E-state index >= 15 is 0 Å². The van der Waals surface area contributed by atoms with Crippen LogP contribution in [0.4, 0.5) is 0 Å². The van der Waals surface area contributed by atoms with Crippen LogP contribution in [0, 0.1) is 0 Å². The van der Waals surface area contributed by atoms with Gasteiger partial charge in [-0.05, 0) is 44.0 Å². The molecular formula is C15H20ClNO2. The molecule has 3 nitrogen and oxygen atoms in total. The van der Waals surface area contributed by atoms with Gasteiger partial charge in [0.15, 0.2) is 0 Å². The van der Waals surface area contributed by atoms with Gasteiger partial charge in [0.1, 0.15) is 0 Å². The number of halogens is 1.